The predicted octanol–water partition coefficient (Wildman–Crippen LogP) is 2.40. The molecule has 1 aliphatic carbocycles. The number of hydrogen-bond donors (Lipinski definition) is 2. The number of methoxy groups -OCH3 is 3. The van der Waals surface area contributed by atoms with Crippen molar-refractivity contribution in [2.45, 2.75) is 31.9 Å². The van der Waals surface area contributed by atoms with E-state index in [0.29, 0.717) is 53.4 Å². The molecule has 1 saturated heterocycles. The van der Waals surface area contributed by atoms with Crippen molar-refractivity contribution in [3.8, 4) is 28.7 Å². The molecule has 0 radical (unpaired) electrons. The van der Waals surface area contributed by atoms with Gasteiger partial charge < -0.3 is 38.8 Å². The van der Waals surface area contributed by atoms with Crippen LogP contribution < -0.4 is 23.7 Å². The molecule has 5 rings (SSSR count). The molecule has 0 aromatic heterocycles. The minimum Gasteiger partial charge on any atom is -0.493 e. The van der Waals surface area contributed by atoms with Crippen LogP contribution in [0.1, 0.15) is 42.6 Å². The minimum atomic E-state index is -1.07. The van der Waals surface area contributed by atoms with Crippen molar-refractivity contribution in [3.63, 3.8) is 0 Å². The number of amides is 1. The number of piperazine rings is 1. The third-order valence-corrected chi connectivity index (χ3v) is 8.36. The number of carbonyl (C=O) groups excluding carboxylic acids is 1. The van der Waals surface area contributed by atoms with E-state index in [-0.39, 0.29) is 19.3 Å². The maximum absolute atomic E-state index is 14.3. The van der Waals surface area contributed by atoms with Gasteiger partial charge in [0, 0.05) is 50.7 Å². The van der Waals surface area contributed by atoms with E-state index in [2.05, 4.69) is 18.7 Å². The summed E-state index contributed by atoms with van der Waals surface area (Å²) in [6.07, 6.45) is -1.07. The Morgan fingerprint density at radius 1 is 0.949 bits per heavy atom. The van der Waals surface area contributed by atoms with E-state index in [4.69, 9.17) is 23.7 Å². The number of carbonyl (C=O) groups is 1. The van der Waals surface area contributed by atoms with Crippen LogP contribution in [0.3, 0.4) is 0 Å². The predicted molar refractivity (Wildman–Crippen MR) is 143 cm³/mol. The zero-order valence-corrected chi connectivity index (χ0v) is 23.2. The summed E-state index contributed by atoms with van der Waals surface area (Å²) < 4.78 is 28.1. The van der Waals surface area contributed by atoms with Crippen LogP contribution in [0.25, 0.3) is 0 Å². The Hall–Kier alpha value is -3.21. The summed E-state index contributed by atoms with van der Waals surface area (Å²) in [5.74, 6) is 0.328. The van der Waals surface area contributed by atoms with Gasteiger partial charge in [-0.25, -0.2) is 0 Å². The molecular formula is C29H38N2O8. The quantitative estimate of drug-likeness (QED) is 0.545. The normalized spacial score (nSPS) is 24.5. The van der Waals surface area contributed by atoms with Gasteiger partial charge in [-0.2, -0.15) is 0 Å². The second kappa shape index (κ2) is 11.1. The standard InChI is InChI=1S/C29H38N2O8/c1-16(2)30-6-8-31(9-7-30)29(34)26-20(14-32)27(33)19-13-22-21(38-15-39-22)12-18(19)25(26)17-10-23(35-3)28(37-5)24(11-17)36-4/h10-13,16,20,25-27,32-33H,6-9,14-15H2,1-5H3/t20-,25+,26-,27-/m0/s1. The van der Waals surface area contributed by atoms with Gasteiger partial charge in [0.25, 0.3) is 0 Å². The van der Waals surface area contributed by atoms with Crippen LogP contribution in [0.2, 0.25) is 0 Å². The Labute approximate surface area is 229 Å². The van der Waals surface area contributed by atoms with Crippen LogP contribution in [0.4, 0.5) is 0 Å². The Bertz CT molecular complexity index is 1190. The highest BCUT2D eigenvalue weighted by Crippen LogP contribution is 2.54. The van der Waals surface area contributed by atoms with Gasteiger partial charge in [-0.3, -0.25) is 9.69 Å². The number of benzene rings is 2. The van der Waals surface area contributed by atoms with E-state index in [1.165, 1.54) is 7.11 Å². The van der Waals surface area contributed by atoms with Gasteiger partial charge in [-0.05, 0) is 54.8 Å². The molecule has 1 fully saturated rings. The lowest BCUT2D eigenvalue weighted by Gasteiger charge is -2.45. The fourth-order valence-corrected chi connectivity index (χ4v) is 6.24. The molecule has 0 saturated carbocycles. The lowest BCUT2D eigenvalue weighted by Crippen LogP contribution is -2.54. The summed E-state index contributed by atoms with van der Waals surface area (Å²) in [5.41, 5.74) is 2.09. The first-order chi connectivity index (χ1) is 18.8. The molecule has 2 aromatic carbocycles. The average Bonchev–Trinajstić information content (AvgIpc) is 3.42. The van der Waals surface area contributed by atoms with Crippen LogP contribution in [0, 0.1) is 11.8 Å². The summed E-state index contributed by atoms with van der Waals surface area (Å²) in [6.45, 7) is 6.72. The van der Waals surface area contributed by atoms with Crippen molar-refractivity contribution in [1.29, 1.82) is 0 Å². The number of nitrogens with zero attached hydrogens (tertiary/aromatic N) is 2. The first kappa shape index (κ1) is 27.4. The minimum absolute atomic E-state index is 0.0785. The van der Waals surface area contributed by atoms with E-state index < -0.39 is 23.9 Å². The molecule has 3 aliphatic rings. The molecule has 212 valence electrons. The lowest BCUT2D eigenvalue weighted by molar-refractivity contribution is -0.144. The first-order valence-corrected chi connectivity index (χ1v) is 13.4. The molecule has 0 spiro atoms. The van der Waals surface area contributed by atoms with Gasteiger partial charge in [-0.15, -0.1) is 0 Å². The molecule has 2 aromatic rings. The smallest absolute Gasteiger partial charge is 0.231 e. The summed E-state index contributed by atoms with van der Waals surface area (Å²) in [6, 6.07) is 7.68. The van der Waals surface area contributed by atoms with Gasteiger partial charge >= 0.3 is 0 Å². The SMILES string of the molecule is COc1cc([C@@H]2c3cc4c(cc3[C@H](O)[C@@H](CO)[C@@H]2C(=O)N2CCN(C(C)C)CC2)OCO4)cc(OC)c1OC. The van der Waals surface area contributed by atoms with E-state index in [1.807, 2.05) is 23.1 Å². The Kier molecular flexibility index (Phi) is 7.80. The molecule has 4 atom stereocenters. The largest absolute Gasteiger partial charge is 0.493 e. The van der Waals surface area contributed by atoms with Crippen molar-refractivity contribution < 1.29 is 38.7 Å². The van der Waals surface area contributed by atoms with Crippen LogP contribution in [-0.2, 0) is 4.79 Å². The van der Waals surface area contributed by atoms with Gasteiger partial charge in [0.1, 0.15) is 0 Å². The van der Waals surface area contributed by atoms with Gasteiger partial charge in [0.15, 0.2) is 23.0 Å². The zero-order chi connectivity index (χ0) is 27.8. The lowest BCUT2D eigenvalue weighted by atomic mass is 9.64. The maximum Gasteiger partial charge on any atom is 0.231 e. The molecule has 10 heteroatoms. The second-order valence-electron chi connectivity index (χ2n) is 10.5. The van der Waals surface area contributed by atoms with Crippen molar-refractivity contribution >= 4 is 5.91 Å². The molecule has 39 heavy (non-hydrogen) atoms. The van der Waals surface area contributed by atoms with Crippen LogP contribution in [0.15, 0.2) is 24.3 Å². The molecular weight excluding hydrogens is 504 g/mol. The zero-order valence-electron chi connectivity index (χ0n) is 23.2. The Balaban J connectivity index is 1.66. The van der Waals surface area contributed by atoms with Crippen molar-refractivity contribution in [3.05, 3.63) is 41.0 Å². The fourth-order valence-electron chi connectivity index (χ4n) is 6.24. The van der Waals surface area contributed by atoms with Crippen molar-refractivity contribution in [2.24, 2.45) is 11.8 Å². The van der Waals surface area contributed by atoms with E-state index >= 15 is 0 Å². The monoisotopic (exact) mass is 542 g/mol. The van der Waals surface area contributed by atoms with Crippen molar-refractivity contribution in [1.82, 2.24) is 9.80 Å². The number of ether oxygens (including phenoxy) is 5. The van der Waals surface area contributed by atoms with Crippen LogP contribution in [0.5, 0.6) is 28.7 Å². The second-order valence-corrected chi connectivity index (χ2v) is 10.5. The summed E-state index contributed by atoms with van der Waals surface area (Å²) in [7, 11) is 4.63. The molecule has 0 bridgehead atoms. The van der Waals surface area contributed by atoms with Crippen molar-refractivity contribution in [2.75, 3.05) is 60.9 Å². The third-order valence-electron chi connectivity index (χ3n) is 8.36. The fraction of sp³-hybridized carbons (Fsp3) is 0.552. The maximum atomic E-state index is 14.3. The molecule has 2 heterocycles. The summed E-state index contributed by atoms with van der Waals surface area (Å²) in [5, 5.41) is 22.1. The Morgan fingerprint density at radius 2 is 1.54 bits per heavy atom. The van der Waals surface area contributed by atoms with Gasteiger partial charge in [-0.1, -0.05) is 0 Å². The van der Waals surface area contributed by atoms with E-state index in [1.54, 1.807) is 20.3 Å². The number of aliphatic hydroxyl groups is 2. The molecule has 10 nitrogen and oxygen atoms in total. The number of rotatable bonds is 7. The molecule has 2 N–H and O–H groups in total. The Morgan fingerprint density at radius 3 is 2.05 bits per heavy atom. The highest BCUT2D eigenvalue weighted by molar-refractivity contribution is 5.82. The topological polar surface area (TPSA) is 110 Å². The highest BCUT2D eigenvalue weighted by atomic mass is 16.7. The number of fused-ring (bicyclic) bond motifs is 2. The summed E-state index contributed by atoms with van der Waals surface area (Å²) >= 11 is 0. The van der Waals surface area contributed by atoms with E-state index in [0.717, 1.165) is 24.2 Å². The van der Waals surface area contributed by atoms with Crippen LogP contribution in [-0.4, -0.2) is 92.9 Å². The first-order valence-electron chi connectivity index (χ1n) is 13.4. The third kappa shape index (κ3) is 4.74. The van der Waals surface area contributed by atoms with Crippen LogP contribution >= 0.6 is 0 Å². The van der Waals surface area contributed by atoms with Gasteiger partial charge in [0.05, 0.1) is 33.4 Å². The average molecular weight is 543 g/mol. The summed E-state index contributed by atoms with van der Waals surface area (Å²) in [4.78, 5) is 18.6. The number of hydrogen-bond acceptors (Lipinski definition) is 9. The van der Waals surface area contributed by atoms with Gasteiger partial charge in [0.2, 0.25) is 18.4 Å². The molecule has 0 unspecified atom stereocenters. The molecule has 1 amide bonds. The molecule has 2 aliphatic heterocycles. The number of aliphatic hydroxyl groups excluding tert-OH is 2. The highest BCUT2D eigenvalue weighted by Gasteiger charge is 2.49. The van der Waals surface area contributed by atoms with E-state index in [9.17, 15) is 15.0 Å².